The quantitative estimate of drug-likeness (QED) is 0.824. The summed E-state index contributed by atoms with van der Waals surface area (Å²) in [5, 5.41) is 12.3. The Morgan fingerprint density at radius 1 is 1.28 bits per heavy atom. The van der Waals surface area contributed by atoms with Gasteiger partial charge in [-0.2, -0.15) is 0 Å². The Hall–Kier alpha value is -0.710. The molecule has 1 aliphatic carbocycles. The summed E-state index contributed by atoms with van der Waals surface area (Å²) in [6.45, 7) is 3.71. The van der Waals surface area contributed by atoms with Crippen LogP contribution in [0.1, 0.15) is 46.0 Å². The third-order valence-corrected chi connectivity index (χ3v) is 5.97. The van der Waals surface area contributed by atoms with Crippen LogP contribution in [0.2, 0.25) is 0 Å². The molecule has 0 aromatic rings. The number of carbonyl (C=O) groups excluding carboxylic acids is 1. The average molecular weight is 271 g/mol. The minimum absolute atomic E-state index is 0.0179. The number of carboxylic acids is 1. The lowest BCUT2D eigenvalue weighted by Crippen LogP contribution is -2.52. The maximum absolute atomic E-state index is 12.3. The Balaban J connectivity index is 2.05. The number of amides is 1. The van der Waals surface area contributed by atoms with E-state index in [9.17, 15) is 14.7 Å². The van der Waals surface area contributed by atoms with Crippen molar-refractivity contribution in [2.75, 3.05) is 5.75 Å². The number of carbonyl (C=O) groups is 2. The van der Waals surface area contributed by atoms with E-state index >= 15 is 0 Å². The Bertz CT molecular complexity index is 365. The van der Waals surface area contributed by atoms with Gasteiger partial charge >= 0.3 is 5.97 Å². The van der Waals surface area contributed by atoms with Crippen LogP contribution >= 0.6 is 11.8 Å². The van der Waals surface area contributed by atoms with Crippen LogP contribution in [-0.4, -0.2) is 33.5 Å². The summed E-state index contributed by atoms with van der Waals surface area (Å²) in [6, 6.07) is -0.222. The molecular weight excluding hydrogens is 250 g/mol. The summed E-state index contributed by atoms with van der Waals surface area (Å²) in [7, 11) is 0. The molecule has 0 bridgehead atoms. The molecule has 102 valence electrons. The first-order valence-corrected chi connectivity index (χ1v) is 7.55. The number of carboxylic acid groups (broad SMARTS) is 1. The van der Waals surface area contributed by atoms with E-state index in [1.807, 2.05) is 6.92 Å². The van der Waals surface area contributed by atoms with Crippen molar-refractivity contribution < 1.29 is 14.7 Å². The van der Waals surface area contributed by atoms with Crippen LogP contribution in [0.5, 0.6) is 0 Å². The van der Waals surface area contributed by atoms with Gasteiger partial charge in [0.15, 0.2) is 0 Å². The van der Waals surface area contributed by atoms with E-state index < -0.39 is 11.4 Å². The highest BCUT2D eigenvalue weighted by molar-refractivity contribution is 8.01. The van der Waals surface area contributed by atoms with Crippen LogP contribution in [0, 0.1) is 5.41 Å². The SMILES string of the molecule is CC1(C(=O)NC2CCCC2(C)C(=O)O)CCCS1. The molecule has 0 aromatic carbocycles. The van der Waals surface area contributed by atoms with Crippen molar-refractivity contribution in [2.45, 2.75) is 56.7 Å². The van der Waals surface area contributed by atoms with E-state index in [4.69, 9.17) is 0 Å². The molecule has 3 atom stereocenters. The zero-order valence-electron chi connectivity index (χ0n) is 11.0. The molecular formula is C13H21NO3S. The van der Waals surface area contributed by atoms with Crippen molar-refractivity contribution in [3.05, 3.63) is 0 Å². The molecule has 4 nitrogen and oxygen atoms in total. The maximum atomic E-state index is 12.3. The highest BCUT2D eigenvalue weighted by Crippen LogP contribution is 2.41. The predicted octanol–water partition coefficient (Wildman–Crippen LogP) is 2.03. The van der Waals surface area contributed by atoms with Crippen LogP contribution < -0.4 is 5.32 Å². The fourth-order valence-electron chi connectivity index (χ4n) is 2.92. The number of thioether (sulfide) groups is 1. The summed E-state index contributed by atoms with van der Waals surface area (Å²) in [5.41, 5.74) is -0.796. The summed E-state index contributed by atoms with van der Waals surface area (Å²) in [5.74, 6) is 0.240. The van der Waals surface area contributed by atoms with Gasteiger partial charge in [-0.25, -0.2) is 0 Å². The van der Waals surface area contributed by atoms with Gasteiger partial charge in [-0.1, -0.05) is 6.42 Å². The molecule has 2 aliphatic rings. The summed E-state index contributed by atoms with van der Waals surface area (Å²) in [6.07, 6.45) is 4.25. The molecule has 1 saturated carbocycles. The zero-order chi connectivity index (χ0) is 13.4. The standard InChI is InChI=1S/C13H21NO3S/c1-12(11(16)17)6-3-5-9(12)14-10(15)13(2)7-4-8-18-13/h9H,3-8H2,1-2H3,(H,14,15)(H,16,17). The number of rotatable bonds is 3. The summed E-state index contributed by atoms with van der Waals surface area (Å²) < 4.78 is -0.359. The van der Waals surface area contributed by atoms with Gasteiger partial charge in [0.1, 0.15) is 0 Å². The maximum Gasteiger partial charge on any atom is 0.311 e. The smallest absolute Gasteiger partial charge is 0.311 e. The predicted molar refractivity (Wildman–Crippen MR) is 71.6 cm³/mol. The van der Waals surface area contributed by atoms with E-state index in [0.717, 1.165) is 31.4 Å². The number of aliphatic carboxylic acids is 1. The number of nitrogens with one attached hydrogen (secondary N) is 1. The largest absolute Gasteiger partial charge is 0.481 e. The molecule has 18 heavy (non-hydrogen) atoms. The average Bonchev–Trinajstić information content (AvgIpc) is 2.88. The summed E-state index contributed by atoms with van der Waals surface area (Å²) >= 11 is 1.69. The molecule has 2 N–H and O–H groups in total. The molecule has 2 rings (SSSR count). The molecule has 1 saturated heterocycles. The Morgan fingerprint density at radius 2 is 2.00 bits per heavy atom. The van der Waals surface area contributed by atoms with Crippen LogP contribution in [0.4, 0.5) is 0 Å². The van der Waals surface area contributed by atoms with E-state index in [1.54, 1.807) is 18.7 Å². The number of hydrogen-bond donors (Lipinski definition) is 2. The molecule has 0 spiro atoms. The van der Waals surface area contributed by atoms with Gasteiger partial charge < -0.3 is 10.4 Å². The highest BCUT2D eigenvalue weighted by Gasteiger charge is 2.48. The molecule has 0 aromatic heterocycles. The van der Waals surface area contributed by atoms with Gasteiger partial charge in [0.2, 0.25) is 5.91 Å². The van der Waals surface area contributed by atoms with Gasteiger partial charge in [-0.05, 0) is 45.3 Å². The van der Waals surface area contributed by atoms with Crippen molar-refractivity contribution >= 4 is 23.6 Å². The van der Waals surface area contributed by atoms with Gasteiger partial charge in [0.25, 0.3) is 0 Å². The third kappa shape index (κ3) is 2.25. The van der Waals surface area contributed by atoms with Crippen LogP contribution in [-0.2, 0) is 9.59 Å². The van der Waals surface area contributed by atoms with Crippen molar-refractivity contribution in [2.24, 2.45) is 5.41 Å². The molecule has 5 heteroatoms. The Labute approximate surface area is 112 Å². The van der Waals surface area contributed by atoms with Gasteiger partial charge in [0, 0.05) is 6.04 Å². The van der Waals surface area contributed by atoms with Crippen molar-refractivity contribution in [1.82, 2.24) is 5.32 Å². The minimum Gasteiger partial charge on any atom is -0.481 e. The highest BCUT2D eigenvalue weighted by atomic mass is 32.2. The third-order valence-electron chi connectivity index (χ3n) is 4.45. The van der Waals surface area contributed by atoms with E-state index in [2.05, 4.69) is 5.32 Å². The molecule has 2 fully saturated rings. The lowest BCUT2D eigenvalue weighted by atomic mass is 9.84. The van der Waals surface area contributed by atoms with Crippen molar-refractivity contribution in [1.29, 1.82) is 0 Å². The fourth-order valence-corrected chi connectivity index (χ4v) is 4.14. The fraction of sp³-hybridized carbons (Fsp3) is 0.846. The molecule has 1 aliphatic heterocycles. The molecule has 3 unspecified atom stereocenters. The van der Waals surface area contributed by atoms with Gasteiger partial charge in [-0.15, -0.1) is 11.8 Å². The van der Waals surface area contributed by atoms with Crippen LogP contribution in [0.25, 0.3) is 0 Å². The first kappa shape index (κ1) is 13.7. The first-order valence-electron chi connectivity index (χ1n) is 6.57. The molecule has 1 heterocycles. The van der Waals surface area contributed by atoms with Crippen LogP contribution in [0.15, 0.2) is 0 Å². The second-order valence-corrected chi connectivity index (χ2v) is 7.42. The normalized spacial score (nSPS) is 39.8. The number of hydrogen-bond acceptors (Lipinski definition) is 3. The first-order chi connectivity index (χ1) is 8.38. The lowest BCUT2D eigenvalue weighted by molar-refractivity contribution is -0.149. The summed E-state index contributed by atoms with van der Waals surface area (Å²) in [4.78, 5) is 23.7. The van der Waals surface area contributed by atoms with E-state index in [0.29, 0.717) is 6.42 Å². The topological polar surface area (TPSA) is 66.4 Å². The van der Waals surface area contributed by atoms with E-state index in [-0.39, 0.29) is 16.7 Å². The monoisotopic (exact) mass is 271 g/mol. The minimum atomic E-state index is -0.797. The second kappa shape index (κ2) is 4.76. The molecule has 1 amide bonds. The Morgan fingerprint density at radius 3 is 2.56 bits per heavy atom. The van der Waals surface area contributed by atoms with Gasteiger partial charge in [-0.3, -0.25) is 9.59 Å². The van der Waals surface area contributed by atoms with E-state index in [1.165, 1.54) is 0 Å². The van der Waals surface area contributed by atoms with Gasteiger partial charge in [0.05, 0.1) is 10.2 Å². The zero-order valence-corrected chi connectivity index (χ0v) is 11.8. The lowest BCUT2D eigenvalue weighted by Gasteiger charge is -2.31. The second-order valence-electron chi connectivity index (χ2n) is 5.82. The van der Waals surface area contributed by atoms with Crippen LogP contribution in [0.3, 0.4) is 0 Å². The molecule has 0 radical (unpaired) electrons. The Kier molecular flexibility index (Phi) is 3.63. The van der Waals surface area contributed by atoms with Crippen molar-refractivity contribution in [3.63, 3.8) is 0 Å². The van der Waals surface area contributed by atoms with Crippen molar-refractivity contribution in [3.8, 4) is 0 Å².